The summed E-state index contributed by atoms with van der Waals surface area (Å²) in [5.74, 6) is -1.21. The van der Waals surface area contributed by atoms with Gasteiger partial charge < -0.3 is 14.8 Å². The molecule has 0 saturated heterocycles. The van der Waals surface area contributed by atoms with E-state index in [1.807, 2.05) is 0 Å². The Morgan fingerprint density at radius 1 is 1.14 bits per heavy atom. The molecular weight excluding hydrogens is 539 g/mol. The molecule has 2 amide bonds. The van der Waals surface area contributed by atoms with Crippen LogP contribution in [0.2, 0.25) is 0 Å². The van der Waals surface area contributed by atoms with E-state index in [0.717, 1.165) is 6.07 Å². The molecule has 36 heavy (non-hydrogen) atoms. The Kier molecular flexibility index (Phi) is 9.06. The number of nitro benzene ring substituents is 1. The Bertz CT molecular complexity index is 1320. The number of carbonyl (C=O) groups excluding carboxylic acids is 2. The first-order valence-electron chi connectivity index (χ1n) is 10.5. The number of non-ortho nitro benzene ring substituents is 1. The molecule has 3 aromatic rings. The highest BCUT2D eigenvalue weighted by molar-refractivity contribution is 9.10. The molecule has 12 heteroatoms. The number of hydrogen-bond donors (Lipinski definition) is 2. The smallest absolute Gasteiger partial charge is 0.271 e. The molecule has 0 aliphatic rings. The minimum Gasteiger partial charge on any atom is -0.490 e. The summed E-state index contributed by atoms with van der Waals surface area (Å²) in [6.07, 6.45) is 1.34. The average molecular weight is 559 g/mol. The monoisotopic (exact) mass is 558 g/mol. The predicted molar refractivity (Wildman–Crippen MR) is 134 cm³/mol. The molecule has 0 atom stereocenters. The topological polar surface area (TPSA) is 132 Å². The van der Waals surface area contributed by atoms with Crippen molar-refractivity contribution in [3.8, 4) is 11.5 Å². The first-order chi connectivity index (χ1) is 17.3. The van der Waals surface area contributed by atoms with E-state index in [4.69, 9.17) is 9.47 Å². The van der Waals surface area contributed by atoms with Crippen molar-refractivity contribution in [3.63, 3.8) is 0 Å². The minimum absolute atomic E-state index is 0.0360. The zero-order chi connectivity index (χ0) is 26.1. The number of nitrogens with one attached hydrogen (secondary N) is 2. The van der Waals surface area contributed by atoms with Gasteiger partial charge in [0.15, 0.2) is 18.1 Å². The fourth-order valence-corrected chi connectivity index (χ4v) is 3.52. The van der Waals surface area contributed by atoms with Gasteiger partial charge in [0, 0.05) is 17.7 Å². The van der Waals surface area contributed by atoms with Gasteiger partial charge >= 0.3 is 0 Å². The van der Waals surface area contributed by atoms with Crippen LogP contribution in [0, 0.1) is 15.9 Å². The van der Waals surface area contributed by atoms with Gasteiger partial charge in [-0.15, -0.1) is 0 Å². The number of rotatable bonds is 10. The molecule has 0 aliphatic carbocycles. The quantitative estimate of drug-likeness (QED) is 0.211. The van der Waals surface area contributed by atoms with E-state index in [1.54, 1.807) is 25.1 Å². The molecule has 3 aromatic carbocycles. The maximum absolute atomic E-state index is 13.7. The first kappa shape index (κ1) is 26.3. The molecule has 2 N–H and O–H groups in total. The molecule has 0 spiro atoms. The second-order valence-corrected chi connectivity index (χ2v) is 7.94. The summed E-state index contributed by atoms with van der Waals surface area (Å²) >= 11 is 3.37. The van der Waals surface area contributed by atoms with E-state index in [9.17, 15) is 24.1 Å². The zero-order valence-electron chi connectivity index (χ0n) is 18.9. The van der Waals surface area contributed by atoms with Gasteiger partial charge in [0.2, 0.25) is 0 Å². The Balaban J connectivity index is 1.67. The Labute approximate surface area is 213 Å². The predicted octanol–water partition coefficient (Wildman–Crippen LogP) is 4.68. The van der Waals surface area contributed by atoms with Crippen LogP contribution in [-0.4, -0.2) is 36.2 Å². The van der Waals surface area contributed by atoms with Gasteiger partial charge in [-0.05, 0) is 58.7 Å². The highest BCUT2D eigenvalue weighted by Gasteiger charge is 2.15. The van der Waals surface area contributed by atoms with Crippen LogP contribution in [0.25, 0.3) is 0 Å². The van der Waals surface area contributed by atoms with E-state index in [0.29, 0.717) is 22.4 Å². The highest BCUT2D eigenvalue weighted by Crippen LogP contribution is 2.36. The van der Waals surface area contributed by atoms with Crippen LogP contribution in [0.3, 0.4) is 0 Å². The van der Waals surface area contributed by atoms with Gasteiger partial charge in [-0.3, -0.25) is 19.7 Å². The summed E-state index contributed by atoms with van der Waals surface area (Å²) in [5, 5.41) is 17.2. The molecule has 0 bridgehead atoms. The molecule has 0 aliphatic heterocycles. The number of halogens is 2. The van der Waals surface area contributed by atoms with Crippen molar-refractivity contribution in [1.82, 2.24) is 5.43 Å². The number of para-hydroxylation sites is 1. The molecular formula is C24H20BrFN4O6. The van der Waals surface area contributed by atoms with Gasteiger partial charge in [-0.1, -0.05) is 18.2 Å². The maximum atomic E-state index is 13.7. The summed E-state index contributed by atoms with van der Waals surface area (Å²) in [7, 11) is 0. The second kappa shape index (κ2) is 12.4. The summed E-state index contributed by atoms with van der Waals surface area (Å²) in [5.41, 5.74) is 2.73. The van der Waals surface area contributed by atoms with E-state index >= 15 is 0 Å². The summed E-state index contributed by atoms with van der Waals surface area (Å²) in [4.78, 5) is 34.7. The molecule has 10 nitrogen and oxygen atoms in total. The van der Waals surface area contributed by atoms with E-state index in [-0.39, 0.29) is 22.7 Å². The average Bonchev–Trinajstić information content (AvgIpc) is 2.85. The molecule has 3 rings (SSSR count). The van der Waals surface area contributed by atoms with Crippen LogP contribution in [0.1, 0.15) is 22.8 Å². The third kappa shape index (κ3) is 7.09. The second-order valence-electron chi connectivity index (χ2n) is 7.09. The lowest BCUT2D eigenvalue weighted by Gasteiger charge is -2.14. The van der Waals surface area contributed by atoms with Crippen LogP contribution >= 0.6 is 15.9 Å². The standard InChI is InChI=1S/C24H20BrFN4O6/c1-2-35-21-11-15(13-27-29-24(32)16-6-5-7-17(12-16)30(33)34)10-18(25)23(21)36-14-22(31)28-20-9-4-3-8-19(20)26/h3-13H,2,14H2,1H3,(H,28,31)(H,29,32)/b27-13+. The molecule has 0 aromatic heterocycles. The van der Waals surface area contributed by atoms with Crippen LogP contribution < -0.4 is 20.2 Å². The first-order valence-corrected chi connectivity index (χ1v) is 11.3. The molecule has 0 radical (unpaired) electrons. The number of anilines is 1. The number of nitro groups is 1. The maximum Gasteiger partial charge on any atom is 0.271 e. The van der Waals surface area contributed by atoms with Crippen molar-refractivity contribution in [2.75, 3.05) is 18.5 Å². The fraction of sp³-hybridized carbons (Fsp3) is 0.125. The molecule has 0 unspecified atom stereocenters. The number of benzene rings is 3. The lowest BCUT2D eigenvalue weighted by atomic mass is 10.2. The van der Waals surface area contributed by atoms with Crippen LogP contribution in [0.15, 0.2) is 70.2 Å². The van der Waals surface area contributed by atoms with Crippen molar-refractivity contribution in [2.45, 2.75) is 6.92 Å². The number of ether oxygens (including phenoxy) is 2. The molecule has 0 fully saturated rings. The SMILES string of the molecule is CCOc1cc(/C=N/NC(=O)c2cccc([N+](=O)[O-])c2)cc(Br)c1OCC(=O)Nc1ccccc1F. The van der Waals surface area contributed by atoms with Crippen molar-refractivity contribution in [1.29, 1.82) is 0 Å². The normalized spacial score (nSPS) is 10.6. The largest absolute Gasteiger partial charge is 0.490 e. The summed E-state index contributed by atoms with van der Waals surface area (Å²) in [6, 6.07) is 14.2. The summed E-state index contributed by atoms with van der Waals surface area (Å²) in [6.45, 7) is 1.66. The van der Waals surface area contributed by atoms with Crippen LogP contribution in [-0.2, 0) is 4.79 Å². The number of nitrogens with zero attached hydrogens (tertiary/aromatic N) is 2. The number of hydrogen-bond acceptors (Lipinski definition) is 7. The van der Waals surface area contributed by atoms with Crippen LogP contribution in [0.4, 0.5) is 15.8 Å². The van der Waals surface area contributed by atoms with Crippen molar-refractivity contribution in [3.05, 3.63) is 92.2 Å². The van der Waals surface area contributed by atoms with Crippen molar-refractivity contribution < 1.29 is 28.4 Å². The Morgan fingerprint density at radius 3 is 2.64 bits per heavy atom. The van der Waals surface area contributed by atoms with Crippen molar-refractivity contribution >= 4 is 45.3 Å². The van der Waals surface area contributed by atoms with Gasteiger partial charge in [-0.2, -0.15) is 5.10 Å². The number of hydrazone groups is 1. The number of carbonyl (C=O) groups is 2. The summed E-state index contributed by atoms with van der Waals surface area (Å²) < 4.78 is 25.4. The lowest BCUT2D eigenvalue weighted by Crippen LogP contribution is -2.21. The van der Waals surface area contributed by atoms with Crippen LogP contribution in [0.5, 0.6) is 11.5 Å². The Hall–Kier alpha value is -4.32. The number of amides is 2. The van der Waals surface area contributed by atoms with Crippen molar-refractivity contribution in [2.24, 2.45) is 5.10 Å². The minimum atomic E-state index is -0.625. The van der Waals surface area contributed by atoms with Gasteiger partial charge in [0.25, 0.3) is 17.5 Å². The Morgan fingerprint density at radius 2 is 1.92 bits per heavy atom. The third-order valence-corrected chi connectivity index (χ3v) is 5.12. The van der Waals surface area contributed by atoms with Gasteiger partial charge in [0.05, 0.1) is 27.9 Å². The lowest BCUT2D eigenvalue weighted by molar-refractivity contribution is -0.384. The molecule has 0 saturated carbocycles. The van der Waals surface area contributed by atoms with E-state index in [2.05, 4.69) is 31.8 Å². The fourth-order valence-electron chi connectivity index (χ4n) is 2.94. The van der Waals surface area contributed by atoms with E-state index < -0.39 is 29.2 Å². The van der Waals surface area contributed by atoms with Gasteiger partial charge in [0.1, 0.15) is 5.82 Å². The molecule has 186 valence electrons. The molecule has 0 heterocycles. The highest BCUT2D eigenvalue weighted by atomic mass is 79.9. The zero-order valence-corrected chi connectivity index (χ0v) is 20.5. The third-order valence-electron chi connectivity index (χ3n) is 4.53. The van der Waals surface area contributed by atoms with E-state index in [1.165, 1.54) is 42.6 Å². The van der Waals surface area contributed by atoms with Gasteiger partial charge in [-0.25, -0.2) is 9.82 Å².